The molecule has 0 amide bonds. The highest BCUT2D eigenvalue weighted by atomic mass is 32.1. The van der Waals surface area contributed by atoms with Crippen LogP contribution in [-0.4, -0.2) is 35.3 Å². The smallest absolute Gasteiger partial charge is 0.326 e. The number of hydrogen-bond donors (Lipinski definition) is 0. The van der Waals surface area contributed by atoms with Gasteiger partial charge in [0, 0.05) is 11.5 Å². The number of rotatable bonds is 6. The van der Waals surface area contributed by atoms with Gasteiger partial charge in [-0.1, -0.05) is 0 Å². The number of carbonyl (C=O) groups excluding carboxylic acids is 1. The third kappa shape index (κ3) is 3.36. The molecule has 0 aliphatic rings. The van der Waals surface area contributed by atoms with Crippen molar-refractivity contribution in [3.63, 3.8) is 0 Å². The Morgan fingerprint density at radius 2 is 2.00 bits per heavy atom. The van der Waals surface area contributed by atoms with E-state index in [2.05, 4.69) is 4.98 Å². The largest absolute Gasteiger partial charge is 0.462 e. The van der Waals surface area contributed by atoms with Gasteiger partial charge in [-0.2, -0.15) is 0 Å². The summed E-state index contributed by atoms with van der Waals surface area (Å²) < 4.78 is 11.5. The zero-order valence-electron chi connectivity index (χ0n) is 13.3. The highest BCUT2D eigenvalue weighted by molar-refractivity contribution is 7.18. The number of thiophene rings is 1. The van der Waals surface area contributed by atoms with Crippen molar-refractivity contribution in [2.75, 3.05) is 19.8 Å². The summed E-state index contributed by atoms with van der Waals surface area (Å²) in [5, 5.41) is 0.593. The number of aryl methyl sites for hydroxylation is 3. The second-order valence-electron chi connectivity index (χ2n) is 4.93. The zero-order valence-corrected chi connectivity index (χ0v) is 14.1. The van der Waals surface area contributed by atoms with Crippen molar-refractivity contribution in [1.82, 2.24) is 9.55 Å². The van der Waals surface area contributed by atoms with Gasteiger partial charge >= 0.3 is 5.97 Å². The number of esters is 1. The molecule has 6 nitrogen and oxygen atoms in total. The molecule has 0 radical (unpaired) electrons. The second kappa shape index (κ2) is 7.02. The number of carbonyl (C=O) groups is 1. The third-order valence-corrected chi connectivity index (χ3v) is 4.56. The quantitative estimate of drug-likeness (QED) is 0.600. The van der Waals surface area contributed by atoms with Crippen LogP contribution in [0.1, 0.15) is 23.2 Å². The van der Waals surface area contributed by atoms with E-state index in [1.807, 2.05) is 20.8 Å². The van der Waals surface area contributed by atoms with E-state index in [9.17, 15) is 9.59 Å². The summed E-state index contributed by atoms with van der Waals surface area (Å²) in [6.07, 6.45) is 0. The zero-order chi connectivity index (χ0) is 16.3. The molecule has 7 heteroatoms. The second-order valence-corrected chi connectivity index (χ2v) is 6.13. The van der Waals surface area contributed by atoms with Gasteiger partial charge in [0.1, 0.15) is 23.8 Å². The monoisotopic (exact) mass is 324 g/mol. The molecule has 120 valence electrons. The molecular weight excluding hydrogens is 304 g/mol. The Balaban J connectivity index is 2.22. The predicted molar refractivity (Wildman–Crippen MR) is 85.5 cm³/mol. The van der Waals surface area contributed by atoms with Crippen molar-refractivity contribution in [2.24, 2.45) is 0 Å². The van der Waals surface area contributed by atoms with Gasteiger partial charge in [-0.25, -0.2) is 4.98 Å². The first kappa shape index (κ1) is 16.6. The van der Waals surface area contributed by atoms with Gasteiger partial charge in [0.2, 0.25) is 0 Å². The van der Waals surface area contributed by atoms with Gasteiger partial charge in [0.25, 0.3) is 5.56 Å². The lowest BCUT2D eigenvalue weighted by atomic mass is 10.2. The molecule has 2 heterocycles. The lowest BCUT2D eigenvalue weighted by molar-refractivity contribution is -0.146. The lowest BCUT2D eigenvalue weighted by Crippen LogP contribution is -2.28. The van der Waals surface area contributed by atoms with Crippen LogP contribution >= 0.6 is 11.3 Å². The van der Waals surface area contributed by atoms with E-state index in [0.29, 0.717) is 24.4 Å². The van der Waals surface area contributed by atoms with Gasteiger partial charge in [-0.05, 0) is 33.3 Å². The minimum Gasteiger partial charge on any atom is -0.462 e. The first-order valence-corrected chi connectivity index (χ1v) is 7.97. The van der Waals surface area contributed by atoms with Gasteiger partial charge < -0.3 is 9.47 Å². The summed E-state index contributed by atoms with van der Waals surface area (Å²) in [6, 6.07) is 0. The molecule has 22 heavy (non-hydrogen) atoms. The SMILES string of the molecule is CCOCCOC(=O)Cn1c(C)nc2sc(C)c(C)c2c1=O. The van der Waals surface area contributed by atoms with E-state index >= 15 is 0 Å². The van der Waals surface area contributed by atoms with E-state index in [1.165, 1.54) is 15.9 Å². The Labute approximate surface area is 132 Å². The van der Waals surface area contributed by atoms with E-state index in [1.54, 1.807) is 6.92 Å². The van der Waals surface area contributed by atoms with E-state index < -0.39 is 5.97 Å². The molecule has 0 unspecified atom stereocenters. The van der Waals surface area contributed by atoms with E-state index in [4.69, 9.17) is 9.47 Å². The maximum Gasteiger partial charge on any atom is 0.326 e. The molecular formula is C15H20N2O4S. The van der Waals surface area contributed by atoms with E-state index in [-0.39, 0.29) is 18.7 Å². The fourth-order valence-corrected chi connectivity index (χ4v) is 3.21. The normalized spacial score (nSPS) is 11.1. The maximum absolute atomic E-state index is 12.6. The molecule has 0 saturated heterocycles. The van der Waals surface area contributed by atoms with Crippen molar-refractivity contribution in [1.29, 1.82) is 0 Å². The molecule has 0 saturated carbocycles. The van der Waals surface area contributed by atoms with Crippen LogP contribution < -0.4 is 5.56 Å². The molecule has 0 aromatic carbocycles. The van der Waals surface area contributed by atoms with Gasteiger partial charge in [0.15, 0.2) is 0 Å². The van der Waals surface area contributed by atoms with Crippen molar-refractivity contribution >= 4 is 27.5 Å². The molecule has 0 N–H and O–H groups in total. The number of aromatic nitrogens is 2. The Kier molecular flexibility index (Phi) is 5.31. The summed E-state index contributed by atoms with van der Waals surface area (Å²) >= 11 is 1.50. The molecule has 2 rings (SSSR count). The topological polar surface area (TPSA) is 70.4 Å². The standard InChI is InChI=1S/C15H20N2O4S/c1-5-20-6-7-21-12(18)8-17-11(4)16-14-13(15(17)19)9(2)10(3)22-14/h5-8H2,1-4H3. The fraction of sp³-hybridized carbons (Fsp3) is 0.533. The molecule has 0 atom stereocenters. The molecule has 0 aliphatic heterocycles. The van der Waals surface area contributed by atoms with Crippen LogP contribution in [0, 0.1) is 20.8 Å². The molecule has 0 fully saturated rings. The van der Waals surface area contributed by atoms with Crippen LogP contribution in [-0.2, 0) is 20.8 Å². The number of nitrogens with zero attached hydrogens (tertiary/aromatic N) is 2. The highest BCUT2D eigenvalue weighted by Gasteiger charge is 2.16. The van der Waals surface area contributed by atoms with Crippen molar-refractivity contribution in [2.45, 2.75) is 34.2 Å². The highest BCUT2D eigenvalue weighted by Crippen LogP contribution is 2.26. The Hall–Kier alpha value is -1.73. The summed E-state index contributed by atoms with van der Waals surface area (Å²) in [4.78, 5) is 30.7. The van der Waals surface area contributed by atoms with Gasteiger partial charge in [0.05, 0.1) is 12.0 Å². The maximum atomic E-state index is 12.6. The average molecular weight is 324 g/mol. The van der Waals surface area contributed by atoms with Crippen LogP contribution in [0.5, 0.6) is 0 Å². The predicted octanol–water partition coefficient (Wildman–Crippen LogP) is 1.96. The van der Waals surface area contributed by atoms with E-state index in [0.717, 1.165) is 15.3 Å². The summed E-state index contributed by atoms with van der Waals surface area (Å²) in [7, 11) is 0. The van der Waals surface area contributed by atoms with Gasteiger partial charge in [-0.3, -0.25) is 14.2 Å². The van der Waals surface area contributed by atoms with Gasteiger partial charge in [-0.15, -0.1) is 11.3 Å². The van der Waals surface area contributed by atoms with Crippen LogP contribution in [0.15, 0.2) is 4.79 Å². The summed E-state index contributed by atoms with van der Waals surface area (Å²) in [5.74, 6) is 0.0520. The Morgan fingerprint density at radius 1 is 1.27 bits per heavy atom. The minimum atomic E-state index is -0.462. The molecule has 0 bridgehead atoms. The van der Waals surface area contributed by atoms with Crippen LogP contribution in [0.25, 0.3) is 10.2 Å². The first-order valence-electron chi connectivity index (χ1n) is 7.16. The molecule has 2 aromatic rings. The van der Waals surface area contributed by atoms with Crippen molar-refractivity contribution in [3.8, 4) is 0 Å². The first-order chi connectivity index (χ1) is 10.5. The number of ether oxygens (including phenoxy) is 2. The molecule has 0 aliphatic carbocycles. The molecule has 2 aromatic heterocycles. The molecule has 0 spiro atoms. The summed E-state index contributed by atoms with van der Waals surface area (Å²) in [5.41, 5.74) is 0.738. The van der Waals surface area contributed by atoms with Crippen LogP contribution in [0.2, 0.25) is 0 Å². The number of fused-ring (bicyclic) bond motifs is 1. The fourth-order valence-electron chi connectivity index (χ4n) is 2.15. The Morgan fingerprint density at radius 3 is 2.68 bits per heavy atom. The Bertz CT molecular complexity index is 748. The lowest BCUT2D eigenvalue weighted by Gasteiger charge is -2.09. The minimum absolute atomic E-state index is 0.131. The van der Waals surface area contributed by atoms with Crippen molar-refractivity contribution < 1.29 is 14.3 Å². The van der Waals surface area contributed by atoms with Crippen LogP contribution in [0.4, 0.5) is 0 Å². The van der Waals surface area contributed by atoms with Crippen molar-refractivity contribution in [3.05, 3.63) is 26.6 Å². The van der Waals surface area contributed by atoms with Crippen LogP contribution in [0.3, 0.4) is 0 Å². The third-order valence-electron chi connectivity index (χ3n) is 3.46. The number of hydrogen-bond acceptors (Lipinski definition) is 6. The average Bonchev–Trinajstić information content (AvgIpc) is 2.74. The summed E-state index contributed by atoms with van der Waals surface area (Å²) in [6.45, 7) is 8.44.